The Balaban J connectivity index is 0. The summed E-state index contributed by atoms with van der Waals surface area (Å²) in [4.78, 5) is 0. The van der Waals surface area contributed by atoms with Crippen LogP contribution in [0, 0.1) is 6.65 Å². The van der Waals surface area contributed by atoms with Crippen LogP contribution < -0.4 is 0 Å². The van der Waals surface area contributed by atoms with Crippen LogP contribution in [0.4, 0.5) is 0 Å². The summed E-state index contributed by atoms with van der Waals surface area (Å²) in [5.74, 6) is 0. The Morgan fingerprint density at radius 1 is 1.40 bits per heavy atom. The van der Waals surface area contributed by atoms with E-state index < -0.39 is 15.4 Å². The summed E-state index contributed by atoms with van der Waals surface area (Å²) in [5, 5.41) is 0. The topological polar surface area (TPSA) is 19.9 Å². The Hall–Kier alpha value is 0.956. The molecule has 0 aliphatic carbocycles. The van der Waals surface area contributed by atoms with Gasteiger partial charge in [0, 0.05) is 0 Å². The molecule has 5 heavy (non-hydrogen) atoms. The van der Waals surface area contributed by atoms with E-state index in [-0.39, 0.29) is 0 Å². The van der Waals surface area contributed by atoms with Crippen molar-refractivity contribution in [3.8, 4) is 0 Å². The summed E-state index contributed by atoms with van der Waals surface area (Å²) in [5.41, 5.74) is 0. The van der Waals surface area contributed by atoms with Gasteiger partial charge in [-0.2, -0.15) is 0 Å². The number of hydrogen-bond donors (Lipinski definition) is 0. The molecule has 1 nitrogen and oxygen atoms in total. The molecule has 0 heterocycles. The first-order valence-electron chi connectivity index (χ1n) is 0.471. The van der Waals surface area contributed by atoms with Crippen molar-refractivity contribution in [2.24, 2.45) is 0 Å². The fraction of sp³-hybridized carbons (Fsp3) is 0. The van der Waals surface area contributed by atoms with Crippen LogP contribution >= 0.6 is 19.3 Å². The molecule has 0 aliphatic rings. The van der Waals surface area contributed by atoms with Gasteiger partial charge < -0.3 is 0 Å². The van der Waals surface area contributed by atoms with E-state index in [9.17, 15) is 0 Å². The van der Waals surface area contributed by atoms with E-state index in [0.29, 0.717) is 0 Å². The Morgan fingerprint density at radius 2 is 1.40 bits per heavy atom. The van der Waals surface area contributed by atoms with Gasteiger partial charge in [0.1, 0.15) is 0 Å². The molecule has 0 spiro atoms. The molecule has 0 aliphatic heterocycles. The molecule has 0 amide bonds. The average Bonchev–Trinajstić information content (AvgIpc) is 1.46. The molecule has 0 rings (SSSR count). The van der Waals surface area contributed by atoms with Gasteiger partial charge in [0.15, 0.2) is 0 Å². The van der Waals surface area contributed by atoms with E-state index in [2.05, 4.69) is 6.65 Å². The minimum atomic E-state index is -0.639. The first-order chi connectivity index (χ1) is 2.41. The quantitative estimate of drug-likeness (QED) is 0.474. The van der Waals surface area contributed by atoms with Crippen LogP contribution in [-0.2, 0) is 20.1 Å². The zero-order chi connectivity index (χ0) is 4.71. The molecular formula is CCl2OOs. The molecule has 32 valence electrons. The third-order valence-electron chi connectivity index (χ3n) is 0. The molecule has 0 N–H and O–H groups in total. The molecule has 0 saturated heterocycles. The Morgan fingerprint density at radius 3 is 1.40 bits per heavy atom. The summed E-state index contributed by atoms with van der Waals surface area (Å²) in [6, 6.07) is 0. The van der Waals surface area contributed by atoms with Crippen LogP contribution in [0.15, 0.2) is 0 Å². The van der Waals surface area contributed by atoms with Crippen LogP contribution in [0.2, 0.25) is 0 Å². The first kappa shape index (κ1) is 9.35. The van der Waals surface area contributed by atoms with E-state index in [0.717, 1.165) is 0 Å². The molecule has 0 aromatic carbocycles. The van der Waals surface area contributed by atoms with Crippen LogP contribution in [0.5, 0.6) is 0 Å². The fourth-order valence-corrected chi connectivity index (χ4v) is 0. The maximum atomic E-state index is 7.50. The molecule has 0 saturated carbocycles. The van der Waals surface area contributed by atoms with Gasteiger partial charge in [-0.15, -0.1) is 0 Å². The zero-order valence-electron chi connectivity index (χ0n) is 2.02. The van der Waals surface area contributed by atoms with Crippen LogP contribution in [0.1, 0.15) is 0 Å². The van der Waals surface area contributed by atoms with Gasteiger partial charge in [-0.3, -0.25) is 0 Å². The van der Waals surface area contributed by atoms with Crippen molar-refractivity contribution in [1.82, 2.24) is 0 Å². The van der Waals surface area contributed by atoms with Crippen LogP contribution in [0.25, 0.3) is 0 Å². The summed E-state index contributed by atoms with van der Waals surface area (Å²) < 4.78 is 7.50. The van der Waals surface area contributed by atoms with Crippen molar-refractivity contribution in [1.29, 1.82) is 0 Å². The Labute approximate surface area is 46.2 Å². The van der Waals surface area contributed by atoms with Crippen LogP contribution in [-0.4, -0.2) is 0 Å². The summed E-state index contributed by atoms with van der Waals surface area (Å²) in [6.07, 6.45) is 0. The van der Waals surface area contributed by atoms with Gasteiger partial charge in [0.25, 0.3) is 0 Å². The van der Waals surface area contributed by atoms with Crippen molar-refractivity contribution < 1.29 is 20.1 Å². The van der Waals surface area contributed by atoms with E-state index in [1.165, 1.54) is 0 Å². The van der Waals surface area contributed by atoms with Gasteiger partial charge in [-0.25, -0.2) is 0 Å². The normalized spacial score (nSPS) is 4.80. The molecule has 0 unspecified atom stereocenters. The maximum absolute atomic E-state index is 7.50. The summed E-state index contributed by atoms with van der Waals surface area (Å²) >= 11 is -0.639. The molecule has 0 fully saturated rings. The van der Waals surface area contributed by atoms with Crippen molar-refractivity contribution in [2.45, 2.75) is 0 Å². The minimum absolute atomic E-state index is 0.639. The van der Waals surface area contributed by atoms with Gasteiger partial charge in [-0.1, -0.05) is 0 Å². The molecule has 0 bridgehead atoms. The Bertz CT molecular complexity index is 20.9. The van der Waals surface area contributed by atoms with Crippen molar-refractivity contribution in [3.63, 3.8) is 0 Å². The molecule has 0 aromatic rings. The Kier molecular flexibility index (Phi) is 37.9. The first-order valence-corrected chi connectivity index (χ1v) is 6.77. The van der Waals surface area contributed by atoms with Gasteiger partial charge in [-0.05, 0) is 0 Å². The number of hydrogen-bond acceptors (Lipinski definition) is 0. The average molecular weight is 289 g/mol. The van der Waals surface area contributed by atoms with Gasteiger partial charge >= 0.3 is 46.0 Å². The summed E-state index contributed by atoms with van der Waals surface area (Å²) in [6.45, 7) is 4.50. The second-order valence-corrected chi connectivity index (χ2v) is 3.72. The van der Waals surface area contributed by atoms with E-state index >= 15 is 0 Å². The fourth-order valence-electron chi connectivity index (χ4n) is 0. The molecule has 0 atom stereocenters. The van der Waals surface area contributed by atoms with Crippen molar-refractivity contribution >= 4 is 19.3 Å². The van der Waals surface area contributed by atoms with E-state index in [1.807, 2.05) is 0 Å². The van der Waals surface area contributed by atoms with E-state index in [1.54, 1.807) is 0 Å². The zero-order valence-corrected chi connectivity index (χ0v) is 6.07. The van der Waals surface area contributed by atoms with Gasteiger partial charge in [0.05, 0.1) is 0 Å². The number of halogens is 2. The van der Waals surface area contributed by atoms with Crippen LogP contribution in [0.3, 0.4) is 0 Å². The molecule has 4 heteroatoms. The number of rotatable bonds is 0. The monoisotopic (exact) mass is 290 g/mol. The standard InChI is InChI=1S/CO.2ClH.Os/c1-2;;;/h;2*1H;/q;;;+2/p-2. The third-order valence-corrected chi connectivity index (χ3v) is 0. The summed E-state index contributed by atoms with van der Waals surface area (Å²) in [7, 11) is 9.81. The second kappa shape index (κ2) is 20.3. The predicted molar refractivity (Wildman–Crippen MR) is 15.6 cm³/mol. The van der Waals surface area contributed by atoms with Crippen molar-refractivity contribution in [2.75, 3.05) is 0 Å². The second-order valence-electron chi connectivity index (χ2n) is 0.0505. The van der Waals surface area contributed by atoms with E-state index in [4.69, 9.17) is 23.9 Å². The molecular weight excluding hydrogens is 289 g/mol. The van der Waals surface area contributed by atoms with Gasteiger partial charge in [0.2, 0.25) is 0 Å². The molecule has 0 radical (unpaired) electrons. The molecule has 0 aromatic heterocycles. The SMILES string of the molecule is [C-]#[O+].[Cl][Os][Cl]. The third kappa shape index (κ3) is 47.4. The predicted octanol–water partition coefficient (Wildman–Crippen LogP) is 1.34. The van der Waals surface area contributed by atoms with Crippen molar-refractivity contribution in [3.05, 3.63) is 6.65 Å².